The van der Waals surface area contributed by atoms with Crippen LogP contribution in [0.15, 0.2) is 48.5 Å². The molecule has 1 aliphatic carbocycles. The van der Waals surface area contributed by atoms with E-state index in [2.05, 4.69) is 10.6 Å². The van der Waals surface area contributed by atoms with Gasteiger partial charge in [0.05, 0.1) is 5.41 Å². The van der Waals surface area contributed by atoms with Crippen LogP contribution in [0.2, 0.25) is 0 Å². The van der Waals surface area contributed by atoms with Gasteiger partial charge in [0.25, 0.3) is 5.91 Å². The van der Waals surface area contributed by atoms with Gasteiger partial charge in [-0.25, -0.2) is 4.39 Å². The molecule has 0 aromatic heterocycles. The lowest BCUT2D eigenvalue weighted by molar-refractivity contribution is -0.123. The SMILES string of the molecule is CNC(=O)c1cccc(CNC(=O)C2(c3ccc(F)cc3)CC2)c1. The van der Waals surface area contributed by atoms with Gasteiger partial charge in [-0.3, -0.25) is 9.59 Å². The summed E-state index contributed by atoms with van der Waals surface area (Å²) in [6, 6.07) is 13.3. The number of hydrogen-bond acceptors (Lipinski definition) is 2. The molecule has 0 heterocycles. The van der Waals surface area contributed by atoms with Gasteiger partial charge in [-0.05, 0) is 48.2 Å². The Bertz CT molecular complexity index is 767. The maximum atomic E-state index is 13.1. The second kappa shape index (κ2) is 6.43. The van der Waals surface area contributed by atoms with E-state index in [0.29, 0.717) is 12.1 Å². The highest BCUT2D eigenvalue weighted by Crippen LogP contribution is 2.48. The molecule has 2 aromatic rings. The van der Waals surface area contributed by atoms with Crippen LogP contribution in [0.4, 0.5) is 4.39 Å². The third kappa shape index (κ3) is 3.15. The van der Waals surface area contributed by atoms with Crippen molar-refractivity contribution in [3.8, 4) is 0 Å². The Balaban J connectivity index is 1.68. The first-order valence-corrected chi connectivity index (χ1v) is 7.90. The molecule has 1 aliphatic rings. The van der Waals surface area contributed by atoms with Crippen LogP contribution in [-0.4, -0.2) is 18.9 Å². The number of nitrogens with one attached hydrogen (secondary N) is 2. The molecule has 124 valence electrons. The summed E-state index contributed by atoms with van der Waals surface area (Å²) in [7, 11) is 1.58. The molecule has 1 saturated carbocycles. The Morgan fingerprint density at radius 2 is 1.83 bits per heavy atom. The van der Waals surface area contributed by atoms with E-state index < -0.39 is 5.41 Å². The fourth-order valence-electron chi connectivity index (χ4n) is 2.86. The molecule has 5 heteroatoms. The van der Waals surface area contributed by atoms with Crippen molar-refractivity contribution in [2.75, 3.05) is 7.05 Å². The van der Waals surface area contributed by atoms with Gasteiger partial charge in [0.1, 0.15) is 5.82 Å². The van der Waals surface area contributed by atoms with Crippen LogP contribution in [-0.2, 0) is 16.8 Å². The summed E-state index contributed by atoms with van der Waals surface area (Å²) >= 11 is 0. The zero-order valence-corrected chi connectivity index (χ0v) is 13.4. The molecule has 3 rings (SSSR count). The normalized spacial score (nSPS) is 14.8. The second-order valence-electron chi connectivity index (χ2n) is 6.05. The number of rotatable bonds is 5. The van der Waals surface area contributed by atoms with Crippen molar-refractivity contribution < 1.29 is 14.0 Å². The summed E-state index contributed by atoms with van der Waals surface area (Å²) in [4.78, 5) is 24.2. The zero-order chi connectivity index (χ0) is 17.2. The van der Waals surface area contributed by atoms with Crippen molar-refractivity contribution in [1.29, 1.82) is 0 Å². The first-order chi connectivity index (χ1) is 11.5. The highest BCUT2D eigenvalue weighted by Gasteiger charge is 2.51. The summed E-state index contributed by atoms with van der Waals surface area (Å²) < 4.78 is 13.1. The van der Waals surface area contributed by atoms with E-state index in [-0.39, 0.29) is 17.6 Å². The average molecular weight is 326 g/mol. The average Bonchev–Trinajstić information content (AvgIpc) is 3.41. The van der Waals surface area contributed by atoms with E-state index in [0.717, 1.165) is 24.0 Å². The van der Waals surface area contributed by atoms with Crippen LogP contribution < -0.4 is 10.6 Å². The van der Waals surface area contributed by atoms with Gasteiger partial charge in [-0.1, -0.05) is 24.3 Å². The summed E-state index contributed by atoms with van der Waals surface area (Å²) in [6.45, 7) is 0.354. The summed E-state index contributed by atoms with van der Waals surface area (Å²) in [5.74, 6) is -0.520. The lowest BCUT2D eigenvalue weighted by Crippen LogP contribution is -2.34. The van der Waals surface area contributed by atoms with Gasteiger partial charge < -0.3 is 10.6 Å². The highest BCUT2D eigenvalue weighted by molar-refractivity contribution is 5.94. The number of carbonyl (C=O) groups excluding carboxylic acids is 2. The Morgan fingerprint density at radius 1 is 1.12 bits per heavy atom. The van der Waals surface area contributed by atoms with Gasteiger partial charge in [-0.2, -0.15) is 0 Å². The molecule has 0 bridgehead atoms. The Morgan fingerprint density at radius 3 is 2.46 bits per heavy atom. The van der Waals surface area contributed by atoms with Crippen LogP contribution in [0, 0.1) is 5.82 Å². The minimum atomic E-state index is -0.536. The Labute approximate surface area is 140 Å². The van der Waals surface area contributed by atoms with Crippen molar-refractivity contribution in [3.05, 3.63) is 71.0 Å². The molecule has 1 fully saturated rings. The molecule has 4 nitrogen and oxygen atoms in total. The van der Waals surface area contributed by atoms with E-state index in [1.807, 2.05) is 6.07 Å². The summed E-state index contributed by atoms with van der Waals surface area (Å²) in [5, 5.41) is 5.51. The number of amides is 2. The lowest BCUT2D eigenvalue weighted by atomic mass is 9.95. The quantitative estimate of drug-likeness (QED) is 0.887. The minimum absolute atomic E-state index is 0.0561. The second-order valence-corrected chi connectivity index (χ2v) is 6.05. The van der Waals surface area contributed by atoms with E-state index in [1.54, 1.807) is 37.4 Å². The largest absolute Gasteiger partial charge is 0.355 e. The number of benzene rings is 2. The number of carbonyl (C=O) groups is 2. The van der Waals surface area contributed by atoms with Crippen molar-refractivity contribution >= 4 is 11.8 Å². The third-order valence-electron chi connectivity index (χ3n) is 4.45. The Hall–Kier alpha value is -2.69. The summed E-state index contributed by atoms with van der Waals surface area (Å²) in [5.41, 5.74) is 1.73. The van der Waals surface area contributed by atoms with Gasteiger partial charge >= 0.3 is 0 Å². The van der Waals surface area contributed by atoms with Gasteiger partial charge in [-0.15, -0.1) is 0 Å². The number of halogens is 1. The molecular weight excluding hydrogens is 307 g/mol. The van der Waals surface area contributed by atoms with Gasteiger partial charge in [0, 0.05) is 19.2 Å². The van der Waals surface area contributed by atoms with Gasteiger partial charge in [0.15, 0.2) is 0 Å². The highest BCUT2D eigenvalue weighted by atomic mass is 19.1. The van der Waals surface area contributed by atoms with Crippen molar-refractivity contribution in [3.63, 3.8) is 0 Å². The van der Waals surface area contributed by atoms with E-state index in [1.165, 1.54) is 12.1 Å². The molecule has 2 aromatic carbocycles. The van der Waals surface area contributed by atoms with Crippen molar-refractivity contribution in [2.24, 2.45) is 0 Å². The third-order valence-corrected chi connectivity index (χ3v) is 4.45. The molecule has 2 amide bonds. The number of hydrogen-bond donors (Lipinski definition) is 2. The molecule has 0 atom stereocenters. The lowest BCUT2D eigenvalue weighted by Gasteiger charge is -2.16. The van der Waals surface area contributed by atoms with Gasteiger partial charge in [0.2, 0.25) is 5.91 Å². The Kier molecular flexibility index (Phi) is 4.34. The zero-order valence-electron chi connectivity index (χ0n) is 13.4. The minimum Gasteiger partial charge on any atom is -0.355 e. The predicted molar refractivity (Wildman–Crippen MR) is 89.0 cm³/mol. The summed E-state index contributed by atoms with van der Waals surface area (Å²) in [6.07, 6.45) is 1.53. The smallest absolute Gasteiger partial charge is 0.251 e. The van der Waals surface area contributed by atoms with Crippen LogP contribution in [0.5, 0.6) is 0 Å². The molecule has 0 spiro atoms. The topological polar surface area (TPSA) is 58.2 Å². The predicted octanol–water partition coefficient (Wildman–Crippen LogP) is 2.53. The molecule has 0 saturated heterocycles. The molecule has 0 radical (unpaired) electrons. The molecule has 2 N–H and O–H groups in total. The van der Waals surface area contributed by atoms with E-state index in [9.17, 15) is 14.0 Å². The van der Waals surface area contributed by atoms with Crippen LogP contribution in [0.1, 0.15) is 34.3 Å². The first-order valence-electron chi connectivity index (χ1n) is 7.90. The van der Waals surface area contributed by atoms with Crippen LogP contribution >= 0.6 is 0 Å². The van der Waals surface area contributed by atoms with Crippen molar-refractivity contribution in [2.45, 2.75) is 24.8 Å². The molecule has 24 heavy (non-hydrogen) atoms. The first kappa shape index (κ1) is 16.2. The van der Waals surface area contributed by atoms with E-state index >= 15 is 0 Å². The monoisotopic (exact) mass is 326 g/mol. The molecule has 0 unspecified atom stereocenters. The molecule has 0 aliphatic heterocycles. The maximum Gasteiger partial charge on any atom is 0.251 e. The molecular formula is C19H19FN2O2. The van der Waals surface area contributed by atoms with Crippen LogP contribution in [0.25, 0.3) is 0 Å². The van der Waals surface area contributed by atoms with E-state index in [4.69, 9.17) is 0 Å². The maximum absolute atomic E-state index is 13.1. The fourth-order valence-corrected chi connectivity index (χ4v) is 2.86. The van der Waals surface area contributed by atoms with Crippen molar-refractivity contribution in [1.82, 2.24) is 10.6 Å². The van der Waals surface area contributed by atoms with Crippen LogP contribution in [0.3, 0.4) is 0 Å². The fraction of sp³-hybridized carbons (Fsp3) is 0.263. The standard InChI is InChI=1S/C19H19FN2O2/c1-21-17(23)14-4-2-3-13(11-14)12-22-18(24)19(9-10-19)15-5-7-16(20)8-6-15/h2-8,11H,9-10,12H2,1H3,(H,21,23)(H,22,24).